The van der Waals surface area contributed by atoms with Crippen molar-refractivity contribution in [2.75, 3.05) is 5.32 Å². The minimum atomic E-state index is -0.362. The summed E-state index contributed by atoms with van der Waals surface area (Å²) in [6.07, 6.45) is 9.66. The highest BCUT2D eigenvalue weighted by atomic mass is 19.1. The molecule has 0 saturated heterocycles. The molecular formula is C20H22FN5O. The van der Waals surface area contributed by atoms with Crippen molar-refractivity contribution in [1.29, 1.82) is 0 Å². The lowest BCUT2D eigenvalue weighted by Gasteiger charge is -2.14. The van der Waals surface area contributed by atoms with E-state index in [4.69, 9.17) is 4.74 Å². The Balaban J connectivity index is 1.58. The number of hydrogen-bond acceptors (Lipinski definition) is 5. The molecule has 0 spiro atoms. The van der Waals surface area contributed by atoms with Crippen LogP contribution in [0.5, 0.6) is 5.75 Å². The molecule has 1 fully saturated rings. The third-order valence-corrected chi connectivity index (χ3v) is 4.73. The molecule has 27 heavy (non-hydrogen) atoms. The Morgan fingerprint density at radius 2 is 2.04 bits per heavy atom. The number of rotatable bonds is 5. The molecule has 0 radical (unpaired) electrons. The Kier molecular flexibility index (Phi) is 4.75. The summed E-state index contributed by atoms with van der Waals surface area (Å²) in [6.45, 7) is 1.91. The van der Waals surface area contributed by atoms with Crippen LogP contribution in [0.1, 0.15) is 31.2 Å². The van der Waals surface area contributed by atoms with Crippen molar-refractivity contribution in [3.05, 3.63) is 48.2 Å². The van der Waals surface area contributed by atoms with Crippen molar-refractivity contribution in [2.45, 2.75) is 38.7 Å². The van der Waals surface area contributed by atoms with Gasteiger partial charge in [-0.2, -0.15) is 5.10 Å². The molecule has 1 aliphatic rings. The van der Waals surface area contributed by atoms with Crippen molar-refractivity contribution < 1.29 is 9.13 Å². The molecule has 2 heterocycles. The number of nitrogens with zero attached hydrogens (tertiary/aromatic N) is 4. The maximum atomic E-state index is 14.6. The van der Waals surface area contributed by atoms with Crippen LogP contribution < -0.4 is 10.1 Å². The number of ether oxygens (including phenoxy) is 1. The zero-order valence-corrected chi connectivity index (χ0v) is 15.4. The highest BCUT2D eigenvalue weighted by Crippen LogP contribution is 2.30. The van der Waals surface area contributed by atoms with Gasteiger partial charge < -0.3 is 10.1 Å². The van der Waals surface area contributed by atoms with Gasteiger partial charge in [0.15, 0.2) is 11.6 Å². The van der Waals surface area contributed by atoms with E-state index in [-0.39, 0.29) is 11.9 Å². The fraction of sp³-hybridized carbons (Fsp3) is 0.350. The monoisotopic (exact) mass is 367 g/mol. The van der Waals surface area contributed by atoms with Gasteiger partial charge in [-0.15, -0.1) is 0 Å². The molecule has 0 aliphatic heterocycles. The number of halogens is 1. The number of benzene rings is 1. The Morgan fingerprint density at radius 3 is 2.74 bits per heavy atom. The quantitative estimate of drug-likeness (QED) is 0.724. The van der Waals surface area contributed by atoms with Crippen LogP contribution >= 0.6 is 0 Å². The van der Waals surface area contributed by atoms with Gasteiger partial charge >= 0.3 is 0 Å². The van der Waals surface area contributed by atoms with Gasteiger partial charge in [0, 0.05) is 25.0 Å². The van der Waals surface area contributed by atoms with Gasteiger partial charge in [0.05, 0.1) is 23.7 Å². The van der Waals surface area contributed by atoms with Crippen LogP contribution in [0.25, 0.3) is 11.3 Å². The summed E-state index contributed by atoms with van der Waals surface area (Å²) in [5.41, 5.74) is 3.04. The first-order valence-corrected chi connectivity index (χ1v) is 9.14. The molecule has 4 rings (SSSR count). The Hall–Kier alpha value is -2.96. The number of aromatic nitrogens is 4. The van der Waals surface area contributed by atoms with Gasteiger partial charge in [0.1, 0.15) is 0 Å². The molecular weight excluding hydrogens is 345 g/mol. The lowest BCUT2D eigenvalue weighted by Crippen LogP contribution is -2.11. The third kappa shape index (κ3) is 3.92. The van der Waals surface area contributed by atoms with Gasteiger partial charge in [-0.05, 0) is 56.4 Å². The second kappa shape index (κ2) is 7.34. The smallest absolute Gasteiger partial charge is 0.227 e. The zero-order chi connectivity index (χ0) is 18.8. The van der Waals surface area contributed by atoms with Crippen molar-refractivity contribution in [3.8, 4) is 17.0 Å². The largest absolute Gasteiger partial charge is 0.487 e. The molecule has 0 unspecified atom stereocenters. The highest BCUT2D eigenvalue weighted by Gasteiger charge is 2.19. The predicted octanol–water partition coefficient (Wildman–Crippen LogP) is 4.39. The number of aryl methyl sites for hydroxylation is 2. The second-order valence-electron chi connectivity index (χ2n) is 6.92. The fourth-order valence-electron chi connectivity index (χ4n) is 3.34. The summed E-state index contributed by atoms with van der Waals surface area (Å²) in [5, 5.41) is 7.22. The minimum Gasteiger partial charge on any atom is -0.487 e. The van der Waals surface area contributed by atoms with E-state index in [2.05, 4.69) is 20.4 Å². The lowest BCUT2D eigenvalue weighted by molar-refractivity contribution is 0.201. The van der Waals surface area contributed by atoms with Crippen LogP contribution in [0.15, 0.2) is 36.8 Å². The molecule has 1 saturated carbocycles. The van der Waals surface area contributed by atoms with Gasteiger partial charge in [0.2, 0.25) is 5.95 Å². The van der Waals surface area contributed by atoms with Crippen LogP contribution in [0.3, 0.4) is 0 Å². The number of anilines is 2. The van der Waals surface area contributed by atoms with Crippen molar-refractivity contribution in [3.63, 3.8) is 0 Å². The van der Waals surface area contributed by atoms with E-state index in [0.29, 0.717) is 23.0 Å². The molecule has 3 aromatic rings. The fourth-order valence-corrected chi connectivity index (χ4v) is 3.34. The maximum absolute atomic E-state index is 14.6. The first-order valence-electron chi connectivity index (χ1n) is 9.14. The van der Waals surface area contributed by atoms with E-state index >= 15 is 0 Å². The topological polar surface area (TPSA) is 64.9 Å². The molecule has 1 aliphatic carbocycles. The molecule has 0 atom stereocenters. The summed E-state index contributed by atoms with van der Waals surface area (Å²) in [5.74, 6) is 0.389. The van der Waals surface area contributed by atoms with Crippen LogP contribution in [0.4, 0.5) is 16.0 Å². The Morgan fingerprint density at radius 1 is 1.22 bits per heavy atom. The molecule has 1 aromatic carbocycles. The van der Waals surface area contributed by atoms with E-state index < -0.39 is 0 Å². The Labute approximate surface area is 157 Å². The molecule has 140 valence electrons. The second-order valence-corrected chi connectivity index (χ2v) is 6.92. The Bertz CT molecular complexity index is 949. The number of nitrogens with one attached hydrogen (secondary N) is 1. The first kappa shape index (κ1) is 17.5. The molecule has 7 heteroatoms. The van der Waals surface area contributed by atoms with Crippen LogP contribution in [-0.4, -0.2) is 25.9 Å². The van der Waals surface area contributed by atoms with E-state index in [1.54, 1.807) is 23.1 Å². The SMILES string of the molecule is Cc1cnc(Nc2cnn(C)c2)nc1-c1ccc(OC2CCCC2)c(F)c1. The van der Waals surface area contributed by atoms with Crippen molar-refractivity contribution in [2.24, 2.45) is 7.05 Å². The van der Waals surface area contributed by atoms with Crippen LogP contribution in [0.2, 0.25) is 0 Å². The summed E-state index contributed by atoms with van der Waals surface area (Å²) in [7, 11) is 1.84. The molecule has 1 N–H and O–H groups in total. The maximum Gasteiger partial charge on any atom is 0.227 e. The third-order valence-electron chi connectivity index (χ3n) is 4.73. The summed E-state index contributed by atoms with van der Waals surface area (Å²) in [6, 6.07) is 5.02. The van der Waals surface area contributed by atoms with E-state index in [1.165, 1.54) is 6.07 Å². The van der Waals surface area contributed by atoms with Crippen molar-refractivity contribution >= 4 is 11.6 Å². The molecule has 0 bridgehead atoms. The van der Waals surface area contributed by atoms with Crippen LogP contribution in [0, 0.1) is 12.7 Å². The number of hydrogen-bond donors (Lipinski definition) is 1. The van der Waals surface area contributed by atoms with Gasteiger partial charge in [0.25, 0.3) is 0 Å². The van der Waals surface area contributed by atoms with Crippen LogP contribution in [-0.2, 0) is 7.05 Å². The average molecular weight is 367 g/mol. The van der Waals surface area contributed by atoms with E-state index in [9.17, 15) is 4.39 Å². The van der Waals surface area contributed by atoms with Gasteiger partial charge in [-0.25, -0.2) is 14.4 Å². The average Bonchev–Trinajstić information content (AvgIpc) is 3.30. The van der Waals surface area contributed by atoms with Gasteiger partial charge in [-0.1, -0.05) is 0 Å². The highest BCUT2D eigenvalue weighted by molar-refractivity contribution is 5.65. The molecule has 6 nitrogen and oxygen atoms in total. The van der Waals surface area contributed by atoms with E-state index in [0.717, 1.165) is 36.9 Å². The first-order chi connectivity index (χ1) is 13.1. The predicted molar refractivity (Wildman–Crippen MR) is 102 cm³/mol. The normalized spacial score (nSPS) is 14.5. The minimum absolute atomic E-state index is 0.126. The summed E-state index contributed by atoms with van der Waals surface area (Å²) >= 11 is 0. The van der Waals surface area contributed by atoms with Crippen molar-refractivity contribution in [1.82, 2.24) is 19.7 Å². The van der Waals surface area contributed by atoms with E-state index in [1.807, 2.05) is 26.2 Å². The molecule has 0 amide bonds. The zero-order valence-electron chi connectivity index (χ0n) is 15.4. The van der Waals surface area contributed by atoms with Gasteiger partial charge in [-0.3, -0.25) is 4.68 Å². The molecule has 2 aromatic heterocycles. The summed E-state index contributed by atoms with van der Waals surface area (Å²) in [4.78, 5) is 8.85. The summed E-state index contributed by atoms with van der Waals surface area (Å²) < 4.78 is 22.1. The lowest BCUT2D eigenvalue weighted by atomic mass is 10.1. The standard InChI is InChI=1S/C20H22FN5O/c1-13-10-22-20(24-15-11-23-26(2)12-15)25-19(13)14-7-8-18(17(21)9-14)27-16-5-3-4-6-16/h7-12,16H,3-6H2,1-2H3,(H,22,24,25).